The third-order valence-corrected chi connectivity index (χ3v) is 5.43. The van der Waals surface area contributed by atoms with Crippen LogP contribution in [-0.2, 0) is 0 Å². The number of rotatable bonds is 0. The number of fused-ring (bicyclic) bond motifs is 1. The normalized spacial score (nSPS) is 15.1. The van der Waals surface area contributed by atoms with E-state index >= 15 is 0 Å². The molecule has 7 heteroatoms. The lowest BCUT2D eigenvalue weighted by molar-refractivity contribution is 0.767. The lowest BCUT2D eigenvalue weighted by Crippen LogP contribution is -2.34. The summed E-state index contributed by atoms with van der Waals surface area (Å²) in [6, 6.07) is 0. The van der Waals surface area contributed by atoms with Crippen molar-refractivity contribution in [1.82, 2.24) is 9.97 Å². The van der Waals surface area contributed by atoms with Crippen molar-refractivity contribution in [2.75, 3.05) is 0 Å². The number of halogens is 5. The zero-order valence-corrected chi connectivity index (χ0v) is 11.6. The first-order valence-corrected chi connectivity index (χ1v) is 7.22. The summed E-state index contributed by atoms with van der Waals surface area (Å²) in [6.45, 7) is 0. The molecule has 1 aromatic rings. The zero-order valence-electron chi connectivity index (χ0n) is 6.36. The van der Waals surface area contributed by atoms with Crippen molar-refractivity contribution >= 4 is 72.2 Å². The van der Waals surface area contributed by atoms with Crippen molar-refractivity contribution in [2.24, 2.45) is 0 Å². The monoisotopic (exact) mass is 408 g/mol. The molecule has 0 saturated carbocycles. The molecule has 2 nitrogen and oxygen atoms in total. The molecule has 2 heterocycles. The standard InChI is InChI=1S/C7HBrCl2FIN2/c8-5-3(11)4-2(1-12-5)6(9)14-7(10)13-4/h1H. The molecule has 0 radical (unpaired) electrons. The first-order valence-electron chi connectivity index (χ1n) is 3.35. The molecule has 0 atom stereocenters. The van der Waals surface area contributed by atoms with Crippen LogP contribution in [0.3, 0.4) is 0 Å². The van der Waals surface area contributed by atoms with E-state index in [4.69, 9.17) is 23.2 Å². The molecule has 0 bridgehead atoms. The van der Waals surface area contributed by atoms with Crippen LogP contribution in [0, 0.1) is 0 Å². The van der Waals surface area contributed by atoms with Crippen molar-refractivity contribution in [1.29, 1.82) is 0 Å². The molecular formula is C7HBrCl2FIN2. The van der Waals surface area contributed by atoms with E-state index in [2.05, 4.69) is 25.9 Å². The molecule has 0 spiro atoms. The second-order valence-electron chi connectivity index (χ2n) is 2.34. The van der Waals surface area contributed by atoms with Gasteiger partial charge >= 0.3 is 0 Å². The molecule has 0 aromatic carbocycles. The summed E-state index contributed by atoms with van der Waals surface area (Å²) >= 11 is 14.0. The summed E-state index contributed by atoms with van der Waals surface area (Å²) < 4.78 is 16.0. The molecule has 0 saturated heterocycles. The van der Waals surface area contributed by atoms with Crippen LogP contribution in [0.2, 0.25) is 10.4 Å². The van der Waals surface area contributed by atoms with Gasteiger partial charge in [-0.15, -0.1) is 0 Å². The van der Waals surface area contributed by atoms with E-state index in [-0.39, 0.29) is 21.6 Å². The largest absolute Gasteiger partial charge is 0.224 e. The third-order valence-electron chi connectivity index (χ3n) is 1.51. The van der Waals surface area contributed by atoms with Gasteiger partial charge in [0.2, 0.25) is 5.28 Å². The fourth-order valence-corrected chi connectivity index (χ4v) is 4.01. The summed E-state index contributed by atoms with van der Waals surface area (Å²) in [5, 5.41) is 0.880. The molecular weight excluding hydrogens is 409 g/mol. The lowest BCUT2D eigenvalue weighted by atomic mass is 10.4. The van der Waals surface area contributed by atoms with E-state index < -0.39 is 20.7 Å². The van der Waals surface area contributed by atoms with Gasteiger partial charge in [0.25, 0.3) is 0 Å². The second kappa shape index (κ2) is 4.11. The average molecular weight is 410 g/mol. The number of hydrogen-bond acceptors (Lipinski definition) is 2. The molecule has 0 fully saturated rings. The molecule has 1 aliphatic rings. The number of nitrogens with zero attached hydrogens (tertiary/aromatic N) is 2. The van der Waals surface area contributed by atoms with Crippen molar-refractivity contribution in [3.63, 3.8) is 0 Å². The number of aromatic nitrogens is 2. The Morgan fingerprint density at radius 2 is 2.07 bits per heavy atom. The van der Waals surface area contributed by atoms with Gasteiger partial charge in [-0.2, -0.15) is 0 Å². The third kappa shape index (κ3) is 1.87. The van der Waals surface area contributed by atoms with Gasteiger partial charge in [0.05, 0.1) is 2.42 Å². The molecule has 0 unspecified atom stereocenters. The minimum Gasteiger partial charge on any atom is -0.215 e. The highest BCUT2D eigenvalue weighted by atomic mass is 127. The fraction of sp³-hybridized carbons (Fsp3) is 0. The fourth-order valence-electron chi connectivity index (χ4n) is 0.920. The van der Waals surface area contributed by atoms with Crippen LogP contribution < -0.4 is 10.6 Å². The van der Waals surface area contributed by atoms with Crippen LogP contribution in [0.4, 0.5) is 4.39 Å². The van der Waals surface area contributed by atoms with Gasteiger partial charge < -0.3 is 0 Å². The molecule has 1 aliphatic heterocycles. The van der Waals surface area contributed by atoms with E-state index in [1.54, 1.807) is 0 Å². The Morgan fingerprint density at radius 3 is 2.79 bits per heavy atom. The highest BCUT2D eigenvalue weighted by molar-refractivity contribution is 14.2. The van der Waals surface area contributed by atoms with Crippen molar-refractivity contribution in [3.05, 3.63) is 21.0 Å². The molecule has 0 N–H and O–H groups in total. The molecule has 2 rings (SSSR count). The maximum atomic E-state index is 13.6. The van der Waals surface area contributed by atoms with E-state index in [0.717, 1.165) is 0 Å². The Balaban J connectivity index is 2.97. The van der Waals surface area contributed by atoms with Gasteiger partial charge in [0.1, 0.15) is 10.5 Å². The van der Waals surface area contributed by atoms with Crippen molar-refractivity contribution < 1.29 is 4.39 Å². The molecule has 74 valence electrons. The lowest BCUT2D eigenvalue weighted by Gasteiger charge is -2.01. The van der Waals surface area contributed by atoms with Gasteiger partial charge in [-0.1, -0.05) is 32.3 Å². The molecule has 0 amide bonds. The van der Waals surface area contributed by atoms with Gasteiger partial charge in [0, 0.05) is 5.22 Å². The minimum absolute atomic E-state index is 0.0438. The first kappa shape index (κ1) is 10.9. The van der Waals surface area contributed by atoms with Crippen LogP contribution >= 0.6 is 59.9 Å². The molecule has 14 heavy (non-hydrogen) atoms. The highest BCUT2D eigenvalue weighted by Crippen LogP contribution is 2.19. The van der Waals surface area contributed by atoms with E-state index in [9.17, 15) is 4.39 Å². The predicted octanol–water partition coefficient (Wildman–Crippen LogP) is 2.11. The summed E-state index contributed by atoms with van der Waals surface area (Å²) in [5.74, 6) is -0.387. The number of hydrogen-bond donors (Lipinski definition) is 0. The van der Waals surface area contributed by atoms with Crippen LogP contribution in [0.25, 0.3) is 9.91 Å². The highest BCUT2D eigenvalue weighted by Gasteiger charge is 2.11. The Labute approximate surface area is 107 Å². The van der Waals surface area contributed by atoms with E-state index in [1.807, 2.05) is 4.08 Å². The summed E-state index contributed by atoms with van der Waals surface area (Å²) in [7, 11) is 0. The maximum absolute atomic E-state index is 13.6. The van der Waals surface area contributed by atoms with Gasteiger partial charge in [-0.25, -0.2) is 14.4 Å². The van der Waals surface area contributed by atoms with Crippen LogP contribution in [0.5, 0.6) is 0 Å². The molecule has 0 aliphatic carbocycles. The van der Waals surface area contributed by atoms with E-state index in [0.29, 0.717) is 7.64 Å². The quantitative estimate of drug-likeness (QED) is 0.373. The van der Waals surface area contributed by atoms with Crippen LogP contribution in [0.1, 0.15) is 0 Å². The second-order valence-corrected chi connectivity index (χ2v) is 7.63. The SMILES string of the molecule is FC1=c2nc(Cl)nc(Cl)c2=CI=C1Br. The summed E-state index contributed by atoms with van der Waals surface area (Å²) in [5.41, 5.74) is 0. The summed E-state index contributed by atoms with van der Waals surface area (Å²) in [4.78, 5) is 7.55. The van der Waals surface area contributed by atoms with Crippen LogP contribution in [0.15, 0.2) is 0 Å². The van der Waals surface area contributed by atoms with Crippen molar-refractivity contribution in [2.45, 2.75) is 0 Å². The Bertz CT molecular complexity index is 558. The summed E-state index contributed by atoms with van der Waals surface area (Å²) in [6.07, 6.45) is 0. The van der Waals surface area contributed by atoms with E-state index in [1.165, 1.54) is 0 Å². The van der Waals surface area contributed by atoms with Gasteiger partial charge in [-0.3, -0.25) is 0 Å². The van der Waals surface area contributed by atoms with Gasteiger partial charge in [0.15, 0.2) is 5.83 Å². The Morgan fingerprint density at radius 1 is 1.36 bits per heavy atom. The maximum Gasteiger partial charge on any atom is 0.224 e. The Hall–Kier alpha value is 0.410. The average Bonchev–Trinajstić information content (AvgIpc) is 2.12. The first-order chi connectivity index (χ1) is 6.59. The van der Waals surface area contributed by atoms with Crippen molar-refractivity contribution in [3.8, 4) is 0 Å². The zero-order chi connectivity index (χ0) is 10.3. The molecule has 1 aromatic heterocycles. The minimum atomic E-state index is -0.515. The smallest absolute Gasteiger partial charge is 0.215 e. The Kier molecular flexibility index (Phi) is 3.21. The van der Waals surface area contributed by atoms with Crippen LogP contribution in [-0.4, -0.2) is 12.4 Å². The topological polar surface area (TPSA) is 25.8 Å². The van der Waals surface area contributed by atoms with Gasteiger partial charge in [-0.05, 0) is 31.6 Å². The predicted molar refractivity (Wildman–Crippen MR) is 68.2 cm³/mol.